The van der Waals surface area contributed by atoms with Crippen molar-refractivity contribution in [3.63, 3.8) is 0 Å². The minimum absolute atomic E-state index is 0.218. The van der Waals surface area contributed by atoms with E-state index in [9.17, 15) is 4.79 Å². The number of rotatable bonds is 8. The largest absolute Gasteiger partial charge is 0.494 e. The summed E-state index contributed by atoms with van der Waals surface area (Å²) in [6, 6.07) is 10.0. The first-order valence-electron chi connectivity index (χ1n) is 7.80. The number of amides is 1. The molecule has 1 N–H and O–H groups in total. The molecule has 2 rings (SSSR count). The molecule has 25 heavy (non-hydrogen) atoms. The second kappa shape index (κ2) is 9.39. The minimum Gasteiger partial charge on any atom is -0.494 e. The quantitative estimate of drug-likeness (QED) is 0.710. The van der Waals surface area contributed by atoms with E-state index in [-0.39, 0.29) is 12.5 Å². The predicted molar refractivity (Wildman–Crippen MR) is 99.4 cm³/mol. The normalized spacial score (nSPS) is 10.2. The van der Waals surface area contributed by atoms with Crippen molar-refractivity contribution in [3.05, 3.63) is 46.4 Å². The Labute approximate surface area is 156 Å². The molecule has 0 aliphatic rings. The summed E-state index contributed by atoms with van der Waals surface area (Å²) in [6.07, 6.45) is 0. The summed E-state index contributed by atoms with van der Waals surface area (Å²) < 4.78 is 16.4. The number of carbonyl (C=O) groups excluding carboxylic acids is 1. The van der Waals surface area contributed by atoms with Crippen molar-refractivity contribution in [2.75, 3.05) is 25.1 Å². The number of benzene rings is 2. The Kier molecular flexibility index (Phi) is 7.22. The Morgan fingerprint density at radius 3 is 2.44 bits per heavy atom. The highest BCUT2D eigenvalue weighted by Gasteiger charge is 2.11. The van der Waals surface area contributed by atoms with E-state index in [1.54, 1.807) is 36.4 Å². The van der Waals surface area contributed by atoms with Gasteiger partial charge in [-0.3, -0.25) is 4.79 Å². The highest BCUT2D eigenvalue weighted by Crippen LogP contribution is 2.30. The standard InChI is InChI=1S/C18H19Cl2NO4/c1-3-23-13-6-8-16(24-4-2)15(10-13)21-18(22)11-25-17-9-12(19)5-7-14(17)20/h5-10H,3-4,11H2,1-2H3,(H,21,22). The van der Waals surface area contributed by atoms with E-state index in [1.165, 1.54) is 0 Å². The lowest BCUT2D eigenvalue weighted by Gasteiger charge is -2.14. The summed E-state index contributed by atoms with van der Waals surface area (Å²) in [5, 5.41) is 3.61. The molecule has 0 bridgehead atoms. The molecule has 0 fully saturated rings. The first-order chi connectivity index (χ1) is 12.0. The van der Waals surface area contributed by atoms with Gasteiger partial charge in [-0.1, -0.05) is 23.2 Å². The molecular formula is C18H19Cl2NO4. The fraction of sp³-hybridized carbons (Fsp3) is 0.278. The fourth-order valence-electron chi connectivity index (χ4n) is 2.06. The van der Waals surface area contributed by atoms with E-state index >= 15 is 0 Å². The second-order valence-corrected chi connectivity index (χ2v) is 5.78. The van der Waals surface area contributed by atoms with Crippen LogP contribution in [0, 0.1) is 0 Å². The van der Waals surface area contributed by atoms with Crippen LogP contribution in [-0.4, -0.2) is 25.7 Å². The lowest BCUT2D eigenvalue weighted by atomic mass is 10.2. The van der Waals surface area contributed by atoms with Gasteiger partial charge >= 0.3 is 0 Å². The Bertz CT molecular complexity index is 737. The van der Waals surface area contributed by atoms with Crippen LogP contribution in [0.2, 0.25) is 10.0 Å². The van der Waals surface area contributed by atoms with Crippen LogP contribution >= 0.6 is 23.2 Å². The van der Waals surface area contributed by atoms with Crippen LogP contribution in [0.5, 0.6) is 17.2 Å². The van der Waals surface area contributed by atoms with Crippen molar-refractivity contribution in [2.24, 2.45) is 0 Å². The maximum atomic E-state index is 12.2. The van der Waals surface area contributed by atoms with Crippen LogP contribution in [0.25, 0.3) is 0 Å². The van der Waals surface area contributed by atoms with Gasteiger partial charge in [0.1, 0.15) is 17.2 Å². The van der Waals surface area contributed by atoms with Gasteiger partial charge in [-0.05, 0) is 38.1 Å². The topological polar surface area (TPSA) is 56.8 Å². The van der Waals surface area contributed by atoms with Crippen molar-refractivity contribution in [2.45, 2.75) is 13.8 Å². The summed E-state index contributed by atoms with van der Waals surface area (Å²) in [6.45, 7) is 4.54. The molecule has 2 aromatic rings. The van der Waals surface area contributed by atoms with Crippen LogP contribution < -0.4 is 19.5 Å². The molecule has 0 saturated heterocycles. The Morgan fingerprint density at radius 2 is 1.72 bits per heavy atom. The maximum Gasteiger partial charge on any atom is 0.262 e. The van der Waals surface area contributed by atoms with Crippen LogP contribution in [0.1, 0.15) is 13.8 Å². The molecule has 0 saturated carbocycles. The maximum absolute atomic E-state index is 12.2. The third-order valence-electron chi connectivity index (χ3n) is 3.09. The SMILES string of the molecule is CCOc1ccc(OCC)c(NC(=O)COc2cc(Cl)ccc2Cl)c1. The van der Waals surface area contributed by atoms with Gasteiger partial charge in [-0.2, -0.15) is 0 Å². The number of hydrogen-bond donors (Lipinski definition) is 1. The summed E-state index contributed by atoms with van der Waals surface area (Å²) >= 11 is 11.9. The molecule has 0 spiro atoms. The third kappa shape index (κ3) is 5.73. The van der Waals surface area contributed by atoms with Crippen molar-refractivity contribution in [1.29, 1.82) is 0 Å². The summed E-state index contributed by atoms with van der Waals surface area (Å²) in [5.74, 6) is 1.18. The molecule has 0 aromatic heterocycles. The summed E-state index contributed by atoms with van der Waals surface area (Å²) in [4.78, 5) is 12.2. The van der Waals surface area contributed by atoms with E-state index in [1.807, 2.05) is 13.8 Å². The van der Waals surface area contributed by atoms with Crippen LogP contribution in [0.3, 0.4) is 0 Å². The summed E-state index contributed by atoms with van der Waals surface area (Å²) in [5.41, 5.74) is 0.513. The van der Waals surface area contributed by atoms with Gasteiger partial charge in [0.2, 0.25) is 0 Å². The monoisotopic (exact) mass is 383 g/mol. The highest BCUT2D eigenvalue weighted by molar-refractivity contribution is 6.34. The Hall–Kier alpha value is -2.11. The van der Waals surface area contributed by atoms with E-state index in [0.29, 0.717) is 46.2 Å². The van der Waals surface area contributed by atoms with E-state index in [4.69, 9.17) is 37.4 Å². The van der Waals surface area contributed by atoms with Gasteiger partial charge in [0, 0.05) is 17.2 Å². The van der Waals surface area contributed by atoms with Gasteiger partial charge in [-0.25, -0.2) is 0 Å². The van der Waals surface area contributed by atoms with Gasteiger partial charge in [0.25, 0.3) is 5.91 Å². The summed E-state index contributed by atoms with van der Waals surface area (Å²) in [7, 11) is 0. The number of nitrogens with one attached hydrogen (secondary N) is 1. The third-order valence-corrected chi connectivity index (χ3v) is 3.64. The molecule has 2 aromatic carbocycles. The minimum atomic E-state index is -0.356. The molecule has 1 amide bonds. The number of carbonyl (C=O) groups is 1. The molecule has 0 unspecified atom stereocenters. The second-order valence-electron chi connectivity index (χ2n) is 4.94. The van der Waals surface area contributed by atoms with E-state index in [2.05, 4.69) is 5.32 Å². The van der Waals surface area contributed by atoms with E-state index in [0.717, 1.165) is 0 Å². The van der Waals surface area contributed by atoms with Crippen LogP contribution in [0.15, 0.2) is 36.4 Å². The molecular weight excluding hydrogens is 365 g/mol. The molecule has 0 aliphatic heterocycles. The van der Waals surface area contributed by atoms with Gasteiger partial charge in [-0.15, -0.1) is 0 Å². The van der Waals surface area contributed by atoms with Crippen molar-refractivity contribution in [1.82, 2.24) is 0 Å². The zero-order valence-corrected chi connectivity index (χ0v) is 15.5. The van der Waals surface area contributed by atoms with Crippen LogP contribution in [-0.2, 0) is 4.79 Å². The van der Waals surface area contributed by atoms with Gasteiger partial charge < -0.3 is 19.5 Å². The number of halogens is 2. The predicted octanol–water partition coefficient (Wildman–Crippen LogP) is 4.81. The highest BCUT2D eigenvalue weighted by atomic mass is 35.5. The van der Waals surface area contributed by atoms with Crippen molar-refractivity contribution >= 4 is 34.8 Å². The molecule has 0 aliphatic carbocycles. The number of hydrogen-bond acceptors (Lipinski definition) is 4. The number of anilines is 1. The van der Waals surface area contributed by atoms with Gasteiger partial charge in [0.05, 0.1) is 23.9 Å². The molecule has 0 radical (unpaired) electrons. The smallest absolute Gasteiger partial charge is 0.262 e. The lowest BCUT2D eigenvalue weighted by Crippen LogP contribution is -2.20. The van der Waals surface area contributed by atoms with Crippen LogP contribution in [0.4, 0.5) is 5.69 Å². The van der Waals surface area contributed by atoms with Crippen molar-refractivity contribution in [3.8, 4) is 17.2 Å². The average molecular weight is 384 g/mol. The Balaban J connectivity index is 2.05. The van der Waals surface area contributed by atoms with E-state index < -0.39 is 0 Å². The molecule has 134 valence electrons. The fourth-order valence-corrected chi connectivity index (χ4v) is 2.40. The zero-order chi connectivity index (χ0) is 18.2. The molecule has 0 heterocycles. The van der Waals surface area contributed by atoms with Gasteiger partial charge in [0.15, 0.2) is 6.61 Å². The average Bonchev–Trinajstić information content (AvgIpc) is 2.58. The lowest BCUT2D eigenvalue weighted by molar-refractivity contribution is -0.118. The molecule has 7 heteroatoms. The number of ether oxygens (including phenoxy) is 3. The molecule has 5 nitrogen and oxygen atoms in total. The Morgan fingerprint density at radius 1 is 0.960 bits per heavy atom. The zero-order valence-electron chi connectivity index (χ0n) is 14.0. The molecule has 0 atom stereocenters. The first kappa shape index (κ1) is 19.2. The first-order valence-corrected chi connectivity index (χ1v) is 8.56. The van der Waals surface area contributed by atoms with Crippen molar-refractivity contribution < 1.29 is 19.0 Å².